The van der Waals surface area contributed by atoms with Gasteiger partial charge in [0, 0.05) is 7.98 Å². The number of benzene rings is 1. The molecule has 0 aromatic heterocycles. The van der Waals surface area contributed by atoms with Gasteiger partial charge in [0.05, 0.1) is 6.61 Å². The molecule has 0 atom stereocenters. The Hall–Kier alpha value is -0.820. The van der Waals surface area contributed by atoms with Crippen molar-refractivity contribution in [3.05, 3.63) is 35.9 Å². The van der Waals surface area contributed by atoms with E-state index in [1.54, 1.807) is 0 Å². The molecule has 0 saturated carbocycles. The van der Waals surface area contributed by atoms with Gasteiger partial charge in [0.1, 0.15) is 0 Å². The topological polar surface area (TPSA) is 9.23 Å². The first-order valence-corrected chi connectivity index (χ1v) is 3.34. The normalized spacial score (nSPS) is 11.0. The molecule has 10 heavy (non-hydrogen) atoms. The Balaban J connectivity index is 2.28. The highest BCUT2D eigenvalue weighted by Crippen LogP contribution is 1.99. The van der Waals surface area contributed by atoms with Gasteiger partial charge in [-0.15, -0.1) is 0 Å². The van der Waals surface area contributed by atoms with Crippen molar-refractivity contribution >= 4 is 0 Å². The van der Waals surface area contributed by atoms with Gasteiger partial charge < -0.3 is 4.74 Å². The molecule has 0 spiro atoms. The monoisotopic (exact) mass is 137 g/mol. The zero-order valence-corrected chi connectivity index (χ0v) is 5.92. The van der Waals surface area contributed by atoms with E-state index in [9.17, 15) is 0 Å². The summed E-state index contributed by atoms with van der Waals surface area (Å²) in [5, 5.41) is 0. The van der Waals surface area contributed by atoms with E-state index in [4.69, 9.17) is 6.11 Å². The Morgan fingerprint density at radius 1 is 1.40 bits per heavy atom. The zero-order valence-electron chi connectivity index (χ0n) is 6.92. The molecule has 1 aromatic rings. The lowest BCUT2D eigenvalue weighted by Crippen LogP contribution is -1.90. The van der Waals surface area contributed by atoms with E-state index in [0.29, 0.717) is 20.1 Å². The summed E-state index contributed by atoms with van der Waals surface area (Å²) in [5.41, 5.74) is 1.17. The quantitative estimate of drug-likeness (QED) is 0.580. The Morgan fingerprint density at radius 3 is 2.90 bits per heavy atom. The maximum absolute atomic E-state index is 6.84. The fourth-order valence-electron chi connectivity index (χ4n) is 0.764. The molecule has 1 nitrogen and oxygen atoms in total. The standard InChI is InChI=1S/C9H12O/c1-2-10-8-9-6-4-3-5-7-9/h3-7H,2,8H2,1H3/i1D. The molecule has 0 unspecified atom stereocenters. The Morgan fingerprint density at radius 2 is 2.20 bits per heavy atom. The van der Waals surface area contributed by atoms with Gasteiger partial charge in [0.25, 0.3) is 0 Å². The van der Waals surface area contributed by atoms with Crippen molar-refractivity contribution in [2.24, 2.45) is 0 Å². The van der Waals surface area contributed by atoms with Gasteiger partial charge in [-0.3, -0.25) is 0 Å². The second kappa shape index (κ2) is 4.07. The van der Waals surface area contributed by atoms with Crippen molar-refractivity contribution in [3.63, 3.8) is 0 Å². The second-order valence-electron chi connectivity index (χ2n) is 2.04. The largest absolute Gasteiger partial charge is 0.377 e. The molecule has 1 rings (SSSR count). The fourth-order valence-corrected chi connectivity index (χ4v) is 0.764. The van der Waals surface area contributed by atoms with Crippen LogP contribution in [0.5, 0.6) is 0 Å². The van der Waals surface area contributed by atoms with Crippen LogP contribution in [0.2, 0.25) is 0 Å². The van der Waals surface area contributed by atoms with Crippen LogP contribution in [-0.2, 0) is 11.3 Å². The van der Waals surface area contributed by atoms with Gasteiger partial charge in [-0.05, 0) is 12.5 Å². The highest BCUT2D eigenvalue weighted by atomic mass is 16.5. The van der Waals surface area contributed by atoms with E-state index in [1.807, 2.05) is 30.3 Å². The van der Waals surface area contributed by atoms with Gasteiger partial charge in [0.2, 0.25) is 0 Å². The molecule has 0 aliphatic rings. The third kappa shape index (κ3) is 2.19. The number of hydrogen-bond acceptors (Lipinski definition) is 1. The summed E-state index contributed by atoms with van der Waals surface area (Å²) in [4.78, 5) is 0. The van der Waals surface area contributed by atoms with Crippen LogP contribution in [0.3, 0.4) is 0 Å². The van der Waals surface area contributed by atoms with E-state index in [0.717, 1.165) is 0 Å². The van der Waals surface area contributed by atoms with Crippen molar-refractivity contribution in [1.29, 1.82) is 0 Å². The first-order chi connectivity index (χ1) is 5.43. The smallest absolute Gasteiger partial charge is 0.0716 e. The van der Waals surface area contributed by atoms with Gasteiger partial charge >= 0.3 is 0 Å². The molecule has 0 saturated heterocycles. The van der Waals surface area contributed by atoms with Crippen molar-refractivity contribution in [2.75, 3.05) is 6.61 Å². The predicted octanol–water partition coefficient (Wildman–Crippen LogP) is 2.22. The highest BCUT2D eigenvalue weighted by molar-refractivity contribution is 5.13. The maximum atomic E-state index is 6.84. The minimum atomic E-state index is 0.340. The molecule has 54 valence electrons. The van der Waals surface area contributed by atoms with Gasteiger partial charge in [-0.1, -0.05) is 30.3 Å². The van der Waals surface area contributed by atoms with Crippen molar-refractivity contribution in [3.8, 4) is 0 Å². The molecule has 1 heteroatoms. The van der Waals surface area contributed by atoms with Crippen LogP contribution in [0.25, 0.3) is 0 Å². The maximum Gasteiger partial charge on any atom is 0.0716 e. The summed E-state index contributed by atoms with van der Waals surface area (Å²) < 4.78 is 12.0. The van der Waals surface area contributed by atoms with Crippen molar-refractivity contribution in [2.45, 2.75) is 13.5 Å². The van der Waals surface area contributed by atoms with Crippen LogP contribution in [0.4, 0.5) is 0 Å². The SMILES string of the molecule is [2H]CCOCc1ccccc1. The number of ether oxygens (including phenoxy) is 1. The van der Waals surface area contributed by atoms with E-state index in [1.165, 1.54) is 5.56 Å². The van der Waals surface area contributed by atoms with E-state index < -0.39 is 0 Å². The summed E-state index contributed by atoms with van der Waals surface area (Å²) in [6, 6.07) is 9.99. The molecular weight excluding hydrogens is 124 g/mol. The number of rotatable bonds is 3. The summed E-state index contributed by atoms with van der Waals surface area (Å²) in [7, 11) is 0. The Kier molecular flexibility index (Phi) is 2.41. The number of hydrogen-bond donors (Lipinski definition) is 0. The highest BCUT2D eigenvalue weighted by Gasteiger charge is 1.86. The first-order valence-electron chi connectivity index (χ1n) is 4.05. The van der Waals surface area contributed by atoms with Gasteiger partial charge in [-0.25, -0.2) is 0 Å². The van der Waals surface area contributed by atoms with Crippen molar-refractivity contribution in [1.82, 2.24) is 0 Å². The fraction of sp³-hybridized carbons (Fsp3) is 0.333. The van der Waals surface area contributed by atoms with E-state index >= 15 is 0 Å². The summed E-state index contributed by atoms with van der Waals surface area (Å²) >= 11 is 0. The molecule has 0 aliphatic carbocycles. The summed E-state index contributed by atoms with van der Waals surface area (Å²) in [6.07, 6.45) is 0. The zero-order chi connectivity index (χ0) is 7.94. The van der Waals surface area contributed by atoms with Crippen LogP contribution >= 0.6 is 0 Å². The third-order valence-electron chi connectivity index (χ3n) is 1.26. The predicted molar refractivity (Wildman–Crippen MR) is 41.8 cm³/mol. The molecule has 0 fully saturated rings. The van der Waals surface area contributed by atoms with Gasteiger partial charge in [-0.2, -0.15) is 0 Å². The van der Waals surface area contributed by atoms with E-state index in [2.05, 4.69) is 0 Å². The molecular formula is C9H12O. The second-order valence-corrected chi connectivity index (χ2v) is 2.04. The lowest BCUT2D eigenvalue weighted by molar-refractivity contribution is 0.134. The Bertz CT molecular complexity index is 186. The Labute approximate surface area is 63.0 Å². The molecule has 0 radical (unpaired) electrons. The minimum absolute atomic E-state index is 0.340. The van der Waals surface area contributed by atoms with Crippen LogP contribution < -0.4 is 0 Å². The van der Waals surface area contributed by atoms with Crippen LogP contribution in [0.1, 0.15) is 13.8 Å². The molecule has 0 aliphatic heterocycles. The van der Waals surface area contributed by atoms with Crippen LogP contribution in [-0.4, -0.2) is 6.61 Å². The van der Waals surface area contributed by atoms with Gasteiger partial charge in [0.15, 0.2) is 0 Å². The summed E-state index contributed by atoms with van der Waals surface area (Å²) in [6.45, 7) is 1.49. The average molecular weight is 137 g/mol. The minimum Gasteiger partial charge on any atom is -0.377 e. The van der Waals surface area contributed by atoms with Crippen molar-refractivity contribution < 1.29 is 6.11 Å². The molecule has 0 N–H and O–H groups in total. The molecule has 0 bridgehead atoms. The average Bonchev–Trinajstić information content (AvgIpc) is 2.07. The van der Waals surface area contributed by atoms with E-state index in [-0.39, 0.29) is 0 Å². The molecule has 0 heterocycles. The lowest BCUT2D eigenvalue weighted by atomic mass is 10.2. The van der Waals surface area contributed by atoms with Crippen LogP contribution in [0, 0.1) is 0 Å². The first kappa shape index (κ1) is 5.93. The molecule has 1 aromatic carbocycles. The summed E-state index contributed by atoms with van der Waals surface area (Å²) in [5.74, 6) is 0. The molecule has 0 amide bonds. The lowest BCUT2D eigenvalue weighted by Gasteiger charge is -1.98. The van der Waals surface area contributed by atoms with Crippen LogP contribution in [0.15, 0.2) is 30.3 Å². The third-order valence-corrected chi connectivity index (χ3v) is 1.26.